The second-order valence-corrected chi connectivity index (χ2v) is 2.08. The van der Waals surface area contributed by atoms with Crippen LogP contribution in [-0.2, 0) is 14.0 Å². The van der Waals surface area contributed by atoms with E-state index in [4.69, 9.17) is 5.26 Å². The van der Waals surface area contributed by atoms with Gasteiger partial charge in [-0.05, 0) is 9.05 Å². The lowest BCUT2D eigenvalue weighted by atomic mass is 10.5. The molecule has 0 aliphatic heterocycles. The third-order valence-corrected chi connectivity index (χ3v) is 1.14. The molecule has 7 heteroatoms. The molecule has 0 atom stereocenters. The third-order valence-electron chi connectivity index (χ3n) is 0.523. The predicted octanol–water partition coefficient (Wildman–Crippen LogP) is 1.95. The van der Waals surface area contributed by atoms with E-state index in [1.165, 1.54) is 0 Å². The SMILES string of the molecule is N#CCCOP(OF)OF. The van der Waals surface area contributed by atoms with Gasteiger partial charge in [-0.15, -0.1) is 9.46 Å². The van der Waals surface area contributed by atoms with Crippen LogP contribution in [0.5, 0.6) is 0 Å². The number of nitriles is 1. The molecular formula is C3H4F2NO3P. The van der Waals surface area contributed by atoms with E-state index in [1.807, 2.05) is 0 Å². The largest absolute Gasteiger partial charge is 0.403 e. The van der Waals surface area contributed by atoms with Crippen molar-refractivity contribution < 1.29 is 23.0 Å². The van der Waals surface area contributed by atoms with Gasteiger partial charge in [0.05, 0.1) is 19.1 Å². The molecule has 0 heterocycles. The smallest absolute Gasteiger partial charge is 0.308 e. The van der Waals surface area contributed by atoms with Crippen LogP contribution in [0.25, 0.3) is 0 Å². The molecule has 0 saturated heterocycles. The second kappa shape index (κ2) is 6.78. The zero-order valence-corrected chi connectivity index (χ0v) is 5.68. The topological polar surface area (TPSA) is 51.5 Å². The maximum absolute atomic E-state index is 11.0. The van der Waals surface area contributed by atoms with Crippen LogP contribution in [0.3, 0.4) is 0 Å². The highest BCUT2D eigenvalue weighted by atomic mass is 31.2. The van der Waals surface area contributed by atoms with Crippen LogP contribution in [0, 0.1) is 11.3 Å². The number of hydrogen-bond acceptors (Lipinski definition) is 4. The van der Waals surface area contributed by atoms with Crippen molar-refractivity contribution in [3.63, 3.8) is 0 Å². The summed E-state index contributed by atoms with van der Waals surface area (Å²) in [5.41, 5.74) is 0. The fraction of sp³-hybridized carbons (Fsp3) is 0.667. The molecule has 0 aliphatic rings. The first kappa shape index (κ1) is 9.66. The maximum atomic E-state index is 11.0. The quantitative estimate of drug-likeness (QED) is 0.468. The summed E-state index contributed by atoms with van der Waals surface area (Å²) < 4.78 is 32.1. The summed E-state index contributed by atoms with van der Waals surface area (Å²) in [6.07, 6.45) is 0.0333. The first-order valence-corrected chi connectivity index (χ1v) is 3.32. The fourth-order valence-electron chi connectivity index (χ4n) is 0.216. The number of halogens is 2. The Morgan fingerprint density at radius 2 is 2.00 bits per heavy atom. The van der Waals surface area contributed by atoms with Crippen molar-refractivity contribution in [2.75, 3.05) is 6.61 Å². The van der Waals surface area contributed by atoms with Crippen LogP contribution < -0.4 is 0 Å². The summed E-state index contributed by atoms with van der Waals surface area (Å²) in [7, 11) is -2.55. The Morgan fingerprint density at radius 3 is 2.40 bits per heavy atom. The van der Waals surface area contributed by atoms with E-state index in [-0.39, 0.29) is 13.0 Å². The molecule has 0 saturated carbocycles. The standard InChI is InChI=1S/C3H4F2NO3P/c4-8-10(9-5)7-3-1-2-6/h1,3H2. The van der Waals surface area contributed by atoms with E-state index in [0.717, 1.165) is 0 Å². The summed E-state index contributed by atoms with van der Waals surface area (Å²) >= 11 is 0. The lowest BCUT2D eigenvalue weighted by Crippen LogP contribution is -1.88. The van der Waals surface area contributed by atoms with Crippen molar-refractivity contribution in [3.05, 3.63) is 0 Å². The molecule has 0 aliphatic carbocycles. The van der Waals surface area contributed by atoms with Gasteiger partial charge in [-0.3, -0.25) is 0 Å². The molecule has 0 aromatic carbocycles. The molecule has 0 N–H and O–H groups in total. The minimum atomic E-state index is -2.55. The monoisotopic (exact) mass is 171 g/mol. The molecule has 0 spiro atoms. The number of hydrogen-bond donors (Lipinski definition) is 0. The Kier molecular flexibility index (Phi) is 6.55. The van der Waals surface area contributed by atoms with Crippen LogP contribution in [-0.4, -0.2) is 6.61 Å². The summed E-state index contributed by atoms with van der Waals surface area (Å²) in [5.74, 6) is 0. The van der Waals surface area contributed by atoms with E-state index in [9.17, 15) is 9.05 Å². The van der Waals surface area contributed by atoms with Crippen LogP contribution in [0.4, 0.5) is 9.05 Å². The van der Waals surface area contributed by atoms with Crippen molar-refractivity contribution in [3.8, 4) is 6.07 Å². The first-order valence-electron chi connectivity index (χ1n) is 2.22. The van der Waals surface area contributed by atoms with Crippen molar-refractivity contribution in [2.45, 2.75) is 6.42 Å². The average molecular weight is 171 g/mol. The highest BCUT2D eigenvalue weighted by molar-refractivity contribution is 7.41. The average Bonchev–Trinajstić information content (AvgIpc) is 1.99. The molecule has 0 fully saturated rings. The number of nitrogens with zero attached hydrogens (tertiary/aromatic N) is 1. The van der Waals surface area contributed by atoms with Crippen LogP contribution in [0.1, 0.15) is 6.42 Å². The Bertz CT molecular complexity index is 115. The lowest BCUT2D eigenvalue weighted by molar-refractivity contribution is -0.0954. The predicted molar refractivity (Wildman–Crippen MR) is 27.5 cm³/mol. The van der Waals surface area contributed by atoms with Gasteiger partial charge in [0.2, 0.25) is 0 Å². The van der Waals surface area contributed by atoms with Crippen molar-refractivity contribution in [2.24, 2.45) is 0 Å². The van der Waals surface area contributed by atoms with Crippen LogP contribution >= 0.6 is 8.60 Å². The van der Waals surface area contributed by atoms with Gasteiger partial charge in [0.25, 0.3) is 0 Å². The Hall–Kier alpha value is -0.340. The van der Waals surface area contributed by atoms with E-state index >= 15 is 0 Å². The van der Waals surface area contributed by atoms with Crippen LogP contribution in [0.15, 0.2) is 0 Å². The Balaban J connectivity index is 3.19. The van der Waals surface area contributed by atoms with Gasteiger partial charge >= 0.3 is 8.60 Å². The van der Waals surface area contributed by atoms with Crippen molar-refractivity contribution in [1.82, 2.24) is 0 Å². The van der Waals surface area contributed by atoms with Gasteiger partial charge in [-0.2, -0.15) is 5.26 Å². The van der Waals surface area contributed by atoms with Gasteiger partial charge in [0, 0.05) is 0 Å². The fourth-order valence-corrected chi connectivity index (χ4v) is 0.558. The molecule has 0 aromatic rings. The number of rotatable bonds is 5. The summed E-state index contributed by atoms with van der Waals surface area (Å²) in [6, 6.07) is 1.70. The van der Waals surface area contributed by atoms with Gasteiger partial charge in [-0.1, -0.05) is 0 Å². The normalized spacial score (nSPS) is 9.80. The zero-order valence-electron chi connectivity index (χ0n) is 4.79. The van der Waals surface area contributed by atoms with E-state index < -0.39 is 8.60 Å². The minimum Gasteiger partial charge on any atom is -0.308 e. The molecule has 0 radical (unpaired) electrons. The minimum absolute atomic E-state index is 0.0333. The zero-order chi connectivity index (χ0) is 7.82. The van der Waals surface area contributed by atoms with Crippen molar-refractivity contribution >= 4 is 8.60 Å². The lowest BCUT2D eigenvalue weighted by Gasteiger charge is -2.01. The van der Waals surface area contributed by atoms with Gasteiger partial charge in [0.1, 0.15) is 0 Å². The van der Waals surface area contributed by atoms with Crippen molar-refractivity contribution in [1.29, 1.82) is 5.26 Å². The summed E-state index contributed by atoms with van der Waals surface area (Å²) in [4.78, 5) is 0. The Labute approximate surface area is 57.1 Å². The molecule has 10 heavy (non-hydrogen) atoms. The first-order chi connectivity index (χ1) is 4.85. The molecule has 4 nitrogen and oxygen atoms in total. The second-order valence-electron chi connectivity index (χ2n) is 1.10. The van der Waals surface area contributed by atoms with E-state index in [1.54, 1.807) is 6.07 Å². The third kappa shape index (κ3) is 4.53. The molecule has 0 rings (SSSR count). The van der Waals surface area contributed by atoms with E-state index in [0.29, 0.717) is 0 Å². The highest BCUT2D eigenvalue weighted by Gasteiger charge is 2.12. The van der Waals surface area contributed by atoms with Crippen LogP contribution in [0.2, 0.25) is 0 Å². The van der Waals surface area contributed by atoms with Gasteiger partial charge < -0.3 is 4.52 Å². The Morgan fingerprint density at radius 1 is 1.40 bits per heavy atom. The highest BCUT2D eigenvalue weighted by Crippen LogP contribution is 2.40. The van der Waals surface area contributed by atoms with Gasteiger partial charge in [-0.25, -0.2) is 0 Å². The van der Waals surface area contributed by atoms with Gasteiger partial charge in [0.15, 0.2) is 0 Å². The summed E-state index contributed by atoms with van der Waals surface area (Å²) in [6.45, 7) is -0.115. The molecule has 58 valence electrons. The van der Waals surface area contributed by atoms with E-state index in [2.05, 4.69) is 14.0 Å². The summed E-state index contributed by atoms with van der Waals surface area (Å²) in [5, 5.41) is 7.93. The maximum Gasteiger partial charge on any atom is 0.403 e. The molecule has 0 bridgehead atoms. The molecule has 0 amide bonds. The molecule has 0 aromatic heterocycles. The molecule has 0 unspecified atom stereocenters. The molecular weight excluding hydrogens is 167 g/mol.